The second kappa shape index (κ2) is 5.44. The fraction of sp³-hybridized carbons (Fsp3) is 0.615. The zero-order chi connectivity index (χ0) is 13.9. The maximum absolute atomic E-state index is 11.8. The monoisotopic (exact) mass is 254 g/mol. The molecule has 18 heavy (non-hydrogen) atoms. The largest absolute Gasteiger partial charge is 0.454 e. The van der Waals surface area contributed by atoms with Crippen LogP contribution in [0.1, 0.15) is 34.1 Å². The van der Waals surface area contributed by atoms with Gasteiger partial charge in [0.05, 0.1) is 11.7 Å². The molecular weight excluding hydrogens is 236 g/mol. The van der Waals surface area contributed by atoms with E-state index in [4.69, 9.17) is 9.47 Å². The first-order valence-corrected chi connectivity index (χ1v) is 5.89. The minimum absolute atomic E-state index is 0.109. The maximum atomic E-state index is 11.8. The smallest absolute Gasteiger partial charge is 0.380 e. The Kier molecular flexibility index (Phi) is 4.40. The minimum atomic E-state index is -1.00. The molecule has 0 fully saturated rings. The number of hydrogen-bond acceptors (Lipinski definition) is 5. The van der Waals surface area contributed by atoms with Gasteiger partial charge in [-0.3, -0.25) is 9.59 Å². The summed E-state index contributed by atoms with van der Waals surface area (Å²) >= 11 is 0. The third kappa shape index (κ3) is 3.77. The molecule has 0 aromatic carbocycles. The van der Waals surface area contributed by atoms with Gasteiger partial charge in [-0.15, -0.1) is 0 Å². The molecule has 1 atom stereocenters. The fourth-order valence-electron chi connectivity index (χ4n) is 1.59. The van der Waals surface area contributed by atoms with Crippen LogP contribution < -0.4 is 0 Å². The van der Waals surface area contributed by atoms with Crippen LogP contribution in [0, 0.1) is 0 Å². The molecule has 100 valence electrons. The van der Waals surface area contributed by atoms with Crippen molar-refractivity contribution in [3.63, 3.8) is 0 Å². The molecule has 0 bridgehead atoms. The molecule has 0 aromatic rings. The molecule has 0 spiro atoms. The highest BCUT2D eigenvalue weighted by Gasteiger charge is 2.34. The summed E-state index contributed by atoms with van der Waals surface area (Å²) in [6, 6.07) is 0. The van der Waals surface area contributed by atoms with Crippen molar-refractivity contribution < 1.29 is 23.9 Å². The number of hydrogen-bond donors (Lipinski definition) is 0. The summed E-state index contributed by atoms with van der Waals surface area (Å²) in [5.74, 6) is -2.26. The van der Waals surface area contributed by atoms with Crippen molar-refractivity contribution in [3.8, 4) is 0 Å². The van der Waals surface area contributed by atoms with E-state index >= 15 is 0 Å². The van der Waals surface area contributed by atoms with Crippen LogP contribution in [-0.2, 0) is 23.9 Å². The topological polar surface area (TPSA) is 69.7 Å². The number of ether oxygens (including phenoxy) is 2. The number of carbonyl (C=O) groups is 3. The van der Waals surface area contributed by atoms with Crippen molar-refractivity contribution in [3.05, 3.63) is 11.6 Å². The first-order chi connectivity index (χ1) is 8.24. The van der Waals surface area contributed by atoms with E-state index in [2.05, 4.69) is 0 Å². The summed E-state index contributed by atoms with van der Waals surface area (Å²) in [4.78, 5) is 34.9. The second-order valence-corrected chi connectivity index (χ2v) is 5.03. The number of ketones is 2. The van der Waals surface area contributed by atoms with Crippen molar-refractivity contribution in [2.45, 2.75) is 45.8 Å². The quantitative estimate of drug-likeness (QED) is 0.428. The van der Waals surface area contributed by atoms with Gasteiger partial charge >= 0.3 is 5.97 Å². The molecule has 5 heteroatoms. The van der Waals surface area contributed by atoms with Gasteiger partial charge in [0, 0.05) is 13.0 Å². The Bertz CT molecular complexity index is 400. The van der Waals surface area contributed by atoms with Crippen LogP contribution in [0.3, 0.4) is 0 Å². The Labute approximate surface area is 106 Å². The normalized spacial score (nSPS) is 19.7. The lowest BCUT2D eigenvalue weighted by Crippen LogP contribution is -2.30. The average Bonchev–Trinajstić information content (AvgIpc) is 2.56. The van der Waals surface area contributed by atoms with Gasteiger partial charge in [-0.05, 0) is 33.8 Å². The van der Waals surface area contributed by atoms with Crippen molar-refractivity contribution in [1.29, 1.82) is 0 Å². The highest BCUT2D eigenvalue weighted by atomic mass is 16.6. The predicted molar refractivity (Wildman–Crippen MR) is 64.0 cm³/mol. The molecule has 1 rings (SSSR count). The van der Waals surface area contributed by atoms with Gasteiger partial charge in [0.15, 0.2) is 5.78 Å². The standard InChI is InChI=1S/C13H18O5/c1-5-17-8-6-9(10(14)7-8)11(15)12(16)18-13(2,3)4/h6,8H,5,7H2,1-4H3. The van der Waals surface area contributed by atoms with Gasteiger partial charge in [0.1, 0.15) is 5.60 Å². The Morgan fingerprint density at radius 3 is 2.50 bits per heavy atom. The van der Waals surface area contributed by atoms with Crippen LogP contribution in [0.4, 0.5) is 0 Å². The van der Waals surface area contributed by atoms with Crippen LogP contribution in [0.15, 0.2) is 11.6 Å². The third-order valence-electron chi connectivity index (χ3n) is 2.25. The number of esters is 1. The molecule has 1 unspecified atom stereocenters. The van der Waals surface area contributed by atoms with E-state index < -0.39 is 23.5 Å². The van der Waals surface area contributed by atoms with Gasteiger partial charge in [0.25, 0.3) is 5.78 Å². The molecule has 5 nitrogen and oxygen atoms in total. The van der Waals surface area contributed by atoms with E-state index in [-0.39, 0.29) is 17.8 Å². The van der Waals surface area contributed by atoms with E-state index in [1.165, 1.54) is 6.08 Å². The minimum Gasteiger partial charge on any atom is -0.454 e. The molecular formula is C13H18O5. The van der Waals surface area contributed by atoms with E-state index in [9.17, 15) is 14.4 Å². The van der Waals surface area contributed by atoms with Gasteiger partial charge in [-0.1, -0.05) is 0 Å². The first kappa shape index (κ1) is 14.6. The zero-order valence-corrected chi connectivity index (χ0v) is 11.1. The molecule has 0 aromatic heterocycles. The Morgan fingerprint density at radius 2 is 2.00 bits per heavy atom. The van der Waals surface area contributed by atoms with Crippen LogP contribution >= 0.6 is 0 Å². The van der Waals surface area contributed by atoms with Gasteiger partial charge < -0.3 is 9.47 Å². The van der Waals surface area contributed by atoms with Crippen molar-refractivity contribution in [2.24, 2.45) is 0 Å². The van der Waals surface area contributed by atoms with Crippen molar-refractivity contribution in [2.75, 3.05) is 6.61 Å². The molecule has 0 amide bonds. The van der Waals surface area contributed by atoms with Crippen molar-refractivity contribution in [1.82, 2.24) is 0 Å². The maximum Gasteiger partial charge on any atom is 0.380 e. The molecule has 0 radical (unpaired) electrons. The molecule has 1 aliphatic carbocycles. The highest BCUT2D eigenvalue weighted by Crippen LogP contribution is 2.20. The van der Waals surface area contributed by atoms with Crippen LogP contribution in [0.5, 0.6) is 0 Å². The van der Waals surface area contributed by atoms with E-state index in [1.54, 1.807) is 27.7 Å². The number of Topliss-reactive ketones (excluding diaryl/α,β-unsaturated/α-hetero) is 2. The van der Waals surface area contributed by atoms with Crippen LogP contribution in [0.25, 0.3) is 0 Å². The molecule has 0 N–H and O–H groups in total. The third-order valence-corrected chi connectivity index (χ3v) is 2.25. The van der Waals surface area contributed by atoms with Crippen LogP contribution in [0.2, 0.25) is 0 Å². The van der Waals surface area contributed by atoms with E-state index in [0.717, 1.165) is 0 Å². The summed E-state index contributed by atoms with van der Waals surface area (Å²) < 4.78 is 10.2. The zero-order valence-electron chi connectivity index (χ0n) is 11.1. The van der Waals surface area contributed by atoms with E-state index in [1.807, 2.05) is 0 Å². The van der Waals surface area contributed by atoms with E-state index in [0.29, 0.717) is 6.61 Å². The summed E-state index contributed by atoms with van der Waals surface area (Å²) in [6.07, 6.45) is 1.10. The fourth-order valence-corrected chi connectivity index (χ4v) is 1.59. The van der Waals surface area contributed by atoms with Gasteiger partial charge in [-0.2, -0.15) is 0 Å². The Hall–Kier alpha value is -1.49. The van der Waals surface area contributed by atoms with Gasteiger partial charge in [0.2, 0.25) is 0 Å². The molecule has 1 aliphatic rings. The lowest BCUT2D eigenvalue weighted by molar-refractivity contribution is -0.161. The first-order valence-electron chi connectivity index (χ1n) is 5.89. The molecule has 0 heterocycles. The summed E-state index contributed by atoms with van der Waals surface area (Å²) in [5, 5.41) is 0. The number of carbonyl (C=O) groups excluding carboxylic acids is 3. The predicted octanol–water partition coefficient (Wildman–Crippen LogP) is 1.20. The second-order valence-electron chi connectivity index (χ2n) is 5.03. The number of rotatable bonds is 4. The molecule has 0 saturated heterocycles. The SMILES string of the molecule is CCOC1C=C(C(=O)C(=O)OC(C)(C)C)C(=O)C1. The lowest BCUT2D eigenvalue weighted by Gasteiger charge is -2.18. The molecule has 0 saturated carbocycles. The molecule has 0 aliphatic heterocycles. The Balaban J connectivity index is 2.75. The van der Waals surface area contributed by atoms with Crippen LogP contribution in [-0.4, -0.2) is 35.8 Å². The summed E-state index contributed by atoms with van der Waals surface area (Å²) in [7, 11) is 0. The summed E-state index contributed by atoms with van der Waals surface area (Å²) in [5.41, 5.74) is -0.878. The van der Waals surface area contributed by atoms with Crippen molar-refractivity contribution >= 4 is 17.5 Å². The average molecular weight is 254 g/mol. The highest BCUT2D eigenvalue weighted by molar-refractivity contribution is 6.47. The lowest BCUT2D eigenvalue weighted by atomic mass is 10.1. The van der Waals surface area contributed by atoms with Gasteiger partial charge in [-0.25, -0.2) is 4.79 Å². The summed E-state index contributed by atoms with van der Waals surface area (Å²) in [6.45, 7) is 7.22. The Morgan fingerprint density at radius 1 is 1.39 bits per heavy atom.